The van der Waals surface area contributed by atoms with E-state index >= 15 is 0 Å². The van der Waals surface area contributed by atoms with Crippen LogP contribution >= 0.6 is 0 Å². The number of aromatic nitrogens is 3. The minimum atomic E-state index is -0.161. The maximum absolute atomic E-state index is 11.9. The molecule has 2 amide bonds. The van der Waals surface area contributed by atoms with Crippen LogP contribution in [0.15, 0.2) is 22.8 Å². The summed E-state index contributed by atoms with van der Waals surface area (Å²) in [5.74, 6) is 2.69. The molecule has 7 nitrogen and oxygen atoms in total. The van der Waals surface area contributed by atoms with Gasteiger partial charge in [0.05, 0.1) is 12.8 Å². The van der Waals surface area contributed by atoms with E-state index in [1.807, 2.05) is 13.0 Å². The summed E-state index contributed by atoms with van der Waals surface area (Å²) in [6, 6.07) is 3.63. The Labute approximate surface area is 122 Å². The Morgan fingerprint density at radius 1 is 1.48 bits per heavy atom. The first-order chi connectivity index (χ1) is 10.2. The first-order valence-corrected chi connectivity index (χ1v) is 7.18. The van der Waals surface area contributed by atoms with Crippen LogP contribution in [0.1, 0.15) is 30.3 Å². The van der Waals surface area contributed by atoms with E-state index in [-0.39, 0.29) is 12.1 Å². The van der Waals surface area contributed by atoms with Crippen molar-refractivity contribution in [1.82, 2.24) is 25.4 Å². The zero-order chi connectivity index (χ0) is 14.7. The average molecular weight is 289 g/mol. The number of carbonyl (C=O) groups excluding carboxylic acids is 1. The lowest BCUT2D eigenvalue weighted by Gasteiger charge is -2.16. The van der Waals surface area contributed by atoms with Crippen LogP contribution in [0, 0.1) is 6.92 Å². The van der Waals surface area contributed by atoms with Gasteiger partial charge in [-0.05, 0) is 31.9 Å². The van der Waals surface area contributed by atoms with Crippen LogP contribution in [0.3, 0.4) is 0 Å². The van der Waals surface area contributed by atoms with E-state index in [1.54, 1.807) is 12.3 Å². The van der Waals surface area contributed by atoms with Crippen LogP contribution in [0.25, 0.3) is 0 Å². The van der Waals surface area contributed by atoms with E-state index in [0.29, 0.717) is 6.54 Å². The summed E-state index contributed by atoms with van der Waals surface area (Å²) in [4.78, 5) is 11.9. The largest absolute Gasteiger partial charge is 0.467 e. The van der Waals surface area contributed by atoms with E-state index < -0.39 is 0 Å². The number of hydrogen-bond acceptors (Lipinski definition) is 4. The van der Waals surface area contributed by atoms with Gasteiger partial charge in [0.25, 0.3) is 0 Å². The van der Waals surface area contributed by atoms with Gasteiger partial charge in [0.1, 0.15) is 17.4 Å². The fourth-order valence-electron chi connectivity index (χ4n) is 2.59. The number of nitrogens with one attached hydrogen (secondary N) is 2. The van der Waals surface area contributed by atoms with Crippen molar-refractivity contribution in [3.63, 3.8) is 0 Å². The Morgan fingerprint density at radius 3 is 3.19 bits per heavy atom. The fraction of sp³-hybridized carbons (Fsp3) is 0.500. The van der Waals surface area contributed by atoms with Crippen LogP contribution in [-0.4, -0.2) is 26.8 Å². The topological polar surface area (TPSA) is 85.0 Å². The molecule has 0 aromatic carbocycles. The number of carbonyl (C=O) groups is 1. The van der Waals surface area contributed by atoms with Gasteiger partial charge in [-0.25, -0.2) is 4.79 Å². The number of rotatable bonds is 3. The molecule has 1 aliphatic heterocycles. The smallest absolute Gasteiger partial charge is 0.315 e. The molecule has 0 fully saturated rings. The van der Waals surface area contributed by atoms with E-state index in [2.05, 4.69) is 25.4 Å². The number of nitrogens with zero attached hydrogens (tertiary/aromatic N) is 3. The summed E-state index contributed by atoms with van der Waals surface area (Å²) in [6.45, 7) is 3.20. The van der Waals surface area contributed by atoms with Gasteiger partial charge >= 0.3 is 6.03 Å². The molecule has 0 spiro atoms. The first-order valence-electron chi connectivity index (χ1n) is 7.18. The molecule has 0 saturated carbocycles. The zero-order valence-corrected chi connectivity index (χ0v) is 12.0. The number of fused-ring (bicyclic) bond motifs is 1. The third kappa shape index (κ3) is 3.24. The van der Waals surface area contributed by atoms with Crippen molar-refractivity contribution < 1.29 is 9.21 Å². The second-order valence-electron chi connectivity index (χ2n) is 5.25. The molecule has 0 bridgehead atoms. The molecule has 2 N–H and O–H groups in total. The van der Waals surface area contributed by atoms with E-state index in [0.717, 1.165) is 43.2 Å². The van der Waals surface area contributed by atoms with E-state index in [1.165, 1.54) is 0 Å². The Bertz CT molecular complexity index is 605. The molecule has 1 atom stereocenters. The highest BCUT2D eigenvalue weighted by atomic mass is 16.3. The molecule has 112 valence electrons. The normalized spacial score (nSPS) is 17.9. The van der Waals surface area contributed by atoms with Crippen LogP contribution < -0.4 is 10.6 Å². The molecule has 3 heterocycles. The summed E-state index contributed by atoms with van der Waals surface area (Å²) in [5.41, 5.74) is 0. The van der Waals surface area contributed by atoms with Crippen molar-refractivity contribution in [2.75, 3.05) is 0 Å². The Hall–Kier alpha value is -2.31. The van der Waals surface area contributed by atoms with Gasteiger partial charge in [0, 0.05) is 19.0 Å². The summed E-state index contributed by atoms with van der Waals surface area (Å²) in [7, 11) is 0. The first kappa shape index (κ1) is 13.7. The van der Waals surface area contributed by atoms with Crippen molar-refractivity contribution in [2.24, 2.45) is 0 Å². The lowest BCUT2D eigenvalue weighted by atomic mass is 10.1. The van der Waals surface area contributed by atoms with Crippen LogP contribution in [0.5, 0.6) is 0 Å². The molecule has 21 heavy (non-hydrogen) atoms. The average Bonchev–Trinajstić information content (AvgIpc) is 3.05. The highest BCUT2D eigenvalue weighted by Gasteiger charge is 2.20. The number of furan rings is 1. The minimum absolute atomic E-state index is 0.155. The van der Waals surface area contributed by atoms with Gasteiger partial charge in [-0.15, -0.1) is 10.2 Å². The molecule has 0 radical (unpaired) electrons. The van der Waals surface area contributed by atoms with Crippen LogP contribution in [0.4, 0.5) is 4.79 Å². The predicted octanol–water partition coefficient (Wildman–Crippen LogP) is 1.38. The minimum Gasteiger partial charge on any atom is -0.467 e. The second-order valence-corrected chi connectivity index (χ2v) is 5.25. The SMILES string of the molecule is Cc1nnc2n1CCC(NC(=O)NCc1ccco1)CC2. The van der Waals surface area contributed by atoms with Gasteiger partial charge in [-0.1, -0.05) is 0 Å². The molecular weight excluding hydrogens is 270 g/mol. The fourth-order valence-corrected chi connectivity index (χ4v) is 2.59. The molecule has 2 aromatic rings. The monoisotopic (exact) mass is 289 g/mol. The molecule has 0 saturated heterocycles. The maximum Gasteiger partial charge on any atom is 0.315 e. The molecule has 1 unspecified atom stereocenters. The number of amides is 2. The molecule has 1 aliphatic rings. The number of hydrogen-bond donors (Lipinski definition) is 2. The van der Waals surface area contributed by atoms with Crippen LogP contribution in [-0.2, 0) is 19.5 Å². The number of aryl methyl sites for hydroxylation is 2. The third-order valence-electron chi connectivity index (χ3n) is 3.77. The van der Waals surface area contributed by atoms with Crippen LogP contribution in [0.2, 0.25) is 0 Å². The van der Waals surface area contributed by atoms with E-state index in [4.69, 9.17) is 4.42 Å². The number of urea groups is 1. The quantitative estimate of drug-likeness (QED) is 0.894. The highest BCUT2D eigenvalue weighted by molar-refractivity contribution is 5.74. The predicted molar refractivity (Wildman–Crippen MR) is 75.6 cm³/mol. The maximum atomic E-state index is 11.9. The third-order valence-corrected chi connectivity index (χ3v) is 3.77. The highest BCUT2D eigenvalue weighted by Crippen LogP contribution is 2.14. The van der Waals surface area contributed by atoms with Gasteiger partial charge in [0.2, 0.25) is 0 Å². The molecule has 7 heteroatoms. The van der Waals surface area contributed by atoms with Crippen molar-refractivity contribution in [1.29, 1.82) is 0 Å². The van der Waals surface area contributed by atoms with Crippen molar-refractivity contribution in [3.05, 3.63) is 35.8 Å². The summed E-state index contributed by atoms with van der Waals surface area (Å²) >= 11 is 0. The van der Waals surface area contributed by atoms with Crippen molar-refractivity contribution in [2.45, 2.75) is 45.3 Å². The van der Waals surface area contributed by atoms with Gasteiger partial charge < -0.3 is 19.6 Å². The lowest BCUT2D eigenvalue weighted by Crippen LogP contribution is -2.42. The molecule has 0 aliphatic carbocycles. The molecule has 2 aromatic heterocycles. The molecule has 3 rings (SSSR count). The molecular formula is C14H19N5O2. The van der Waals surface area contributed by atoms with E-state index in [9.17, 15) is 4.79 Å². The van der Waals surface area contributed by atoms with Crippen molar-refractivity contribution in [3.8, 4) is 0 Å². The summed E-state index contributed by atoms with van der Waals surface area (Å²) in [6.07, 6.45) is 4.20. The van der Waals surface area contributed by atoms with Crippen molar-refractivity contribution >= 4 is 6.03 Å². The second kappa shape index (κ2) is 5.99. The Kier molecular flexibility index (Phi) is 3.89. The summed E-state index contributed by atoms with van der Waals surface area (Å²) in [5, 5.41) is 14.1. The van der Waals surface area contributed by atoms with Gasteiger partial charge in [-0.3, -0.25) is 0 Å². The standard InChI is InChI=1S/C14H19N5O2/c1-10-17-18-13-5-4-11(6-7-19(10)13)16-14(20)15-9-12-3-2-8-21-12/h2-3,8,11H,4-7,9H2,1H3,(H2,15,16,20). The Balaban J connectivity index is 1.49. The Morgan fingerprint density at radius 2 is 2.38 bits per heavy atom. The lowest BCUT2D eigenvalue weighted by molar-refractivity contribution is 0.234. The van der Waals surface area contributed by atoms with Gasteiger partial charge in [-0.2, -0.15) is 0 Å². The summed E-state index contributed by atoms with van der Waals surface area (Å²) < 4.78 is 7.31. The zero-order valence-electron chi connectivity index (χ0n) is 12.0. The van der Waals surface area contributed by atoms with Gasteiger partial charge in [0.15, 0.2) is 0 Å².